The van der Waals surface area contributed by atoms with Crippen LogP contribution in [0.2, 0.25) is 0 Å². The number of amides is 1. The summed E-state index contributed by atoms with van der Waals surface area (Å²) in [6.07, 6.45) is 0. The number of carboxylic acid groups (broad SMARTS) is 1. The Balaban J connectivity index is 2.69. The zero-order valence-electron chi connectivity index (χ0n) is 9.08. The van der Waals surface area contributed by atoms with Crippen LogP contribution in [0.5, 0.6) is 5.75 Å². The van der Waals surface area contributed by atoms with E-state index >= 15 is 0 Å². The van der Waals surface area contributed by atoms with Crippen LogP contribution in [-0.4, -0.2) is 22.1 Å². The van der Waals surface area contributed by atoms with Crippen molar-refractivity contribution >= 4 is 23.2 Å². The molecule has 1 heterocycles. The Morgan fingerprint density at radius 3 is 2.50 bits per heavy atom. The Hall–Kier alpha value is -2.34. The predicted molar refractivity (Wildman–Crippen MR) is 66.9 cm³/mol. The summed E-state index contributed by atoms with van der Waals surface area (Å²) in [5.41, 5.74) is 5.92. The fraction of sp³-hybridized carbons (Fsp3) is 0. The number of carboxylic acids is 1. The van der Waals surface area contributed by atoms with E-state index in [0.717, 1.165) is 11.3 Å². The van der Waals surface area contributed by atoms with E-state index in [9.17, 15) is 14.7 Å². The Morgan fingerprint density at radius 2 is 1.89 bits per heavy atom. The van der Waals surface area contributed by atoms with Crippen LogP contribution in [0, 0.1) is 0 Å². The third-order valence-electron chi connectivity index (χ3n) is 2.41. The van der Waals surface area contributed by atoms with Crippen molar-refractivity contribution in [3.63, 3.8) is 0 Å². The molecule has 0 aliphatic carbocycles. The van der Waals surface area contributed by atoms with Gasteiger partial charge in [-0.15, -0.1) is 11.3 Å². The molecule has 92 valence electrons. The second kappa shape index (κ2) is 4.50. The molecule has 0 fully saturated rings. The van der Waals surface area contributed by atoms with Crippen molar-refractivity contribution in [3.05, 3.63) is 40.1 Å². The molecule has 0 spiro atoms. The van der Waals surface area contributed by atoms with Crippen molar-refractivity contribution in [3.8, 4) is 16.9 Å². The fourth-order valence-corrected chi connectivity index (χ4v) is 2.42. The van der Waals surface area contributed by atoms with Crippen molar-refractivity contribution in [2.45, 2.75) is 0 Å². The Kier molecular flexibility index (Phi) is 3.03. The summed E-state index contributed by atoms with van der Waals surface area (Å²) < 4.78 is 0. The summed E-state index contributed by atoms with van der Waals surface area (Å²) in [4.78, 5) is 22.6. The number of primary amides is 1. The van der Waals surface area contributed by atoms with Crippen LogP contribution in [-0.2, 0) is 0 Å². The first-order valence-corrected chi connectivity index (χ1v) is 5.82. The van der Waals surface area contributed by atoms with Crippen LogP contribution in [0.3, 0.4) is 0 Å². The molecule has 0 atom stereocenters. The highest BCUT2D eigenvalue weighted by atomic mass is 32.1. The quantitative estimate of drug-likeness (QED) is 0.787. The number of hydrogen-bond acceptors (Lipinski definition) is 4. The Morgan fingerprint density at radius 1 is 1.17 bits per heavy atom. The number of rotatable bonds is 3. The van der Waals surface area contributed by atoms with E-state index in [1.54, 1.807) is 11.4 Å². The van der Waals surface area contributed by atoms with Gasteiger partial charge in [-0.1, -0.05) is 0 Å². The van der Waals surface area contributed by atoms with E-state index in [4.69, 9.17) is 10.8 Å². The molecule has 0 unspecified atom stereocenters. The van der Waals surface area contributed by atoms with Crippen LogP contribution in [0.4, 0.5) is 0 Å². The molecule has 5 nitrogen and oxygen atoms in total. The minimum absolute atomic E-state index is 0.00806. The van der Waals surface area contributed by atoms with Gasteiger partial charge in [0, 0.05) is 11.1 Å². The third kappa shape index (κ3) is 2.05. The van der Waals surface area contributed by atoms with Crippen molar-refractivity contribution in [2.75, 3.05) is 0 Å². The minimum Gasteiger partial charge on any atom is -0.508 e. The van der Waals surface area contributed by atoms with E-state index in [1.165, 1.54) is 18.2 Å². The van der Waals surface area contributed by atoms with Crippen LogP contribution in [0.25, 0.3) is 11.1 Å². The molecule has 4 N–H and O–H groups in total. The Labute approximate surface area is 106 Å². The average Bonchev–Trinajstić information content (AvgIpc) is 2.77. The lowest BCUT2D eigenvalue weighted by Gasteiger charge is -2.06. The summed E-state index contributed by atoms with van der Waals surface area (Å²) in [7, 11) is 0. The summed E-state index contributed by atoms with van der Waals surface area (Å²) in [6, 6.07) is 5.47. The molecule has 0 bridgehead atoms. The van der Waals surface area contributed by atoms with Gasteiger partial charge < -0.3 is 15.9 Å². The zero-order chi connectivity index (χ0) is 13.3. The molecule has 18 heavy (non-hydrogen) atoms. The molecule has 2 rings (SSSR count). The summed E-state index contributed by atoms with van der Waals surface area (Å²) in [5.74, 6) is -1.83. The van der Waals surface area contributed by atoms with E-state index in [2.05, 4.69) is 0 Å². The number of carbonyl (C=O) groups excluding carboxylic acids is 1. The van der Waals surface area contributed by atoms with E-state index < -0.39 is 11.9 Å². The number of nitrogens with two attached hydrogens (primary N) is 1. The molecule has 1 amide bonds. The Bertz CT molecular complexity index is 633. The molecule has 0 saturated carbocycles. The number of aromatic carboxylic acids is 1. The number of phenols is 1. The maximum Gasteiger partial charge on any atom is 0.336 e. The van der Waals surface area contributed by atoms with Crippen LogP contribution in [0.15, 0.2) is 29.6 Å². The molecule has 2 aromatic rings. The maximum absolute atomic E-state index is 11.2. The van der Waals surface area contributed by atoms with Crippen molar-refractivity contribution in [2.24, 2.45) is 5.73 Å². The SMILES string of the molecule is NC(=O)c1sccc1-c1cc(O)ccc1C(=O)O. The number of benzene rings is 1. The zero-order valence-corrected chi connectivity index (χ0v) is 9.90. The molecular formula is C12H9NO4S. The third-order valence-corrected chi connectivity index (χ3v) is 3.34. The van der Waals surface area contributed by atoms with Crippen molar-refractivity contribution in [1.82, 2.24) is 0 Å². The van der Waals surface area contributed by atoms with Gasteiger partial charge in [-0.25, -0.2) is 4.79 Å². The minimum atomic E-state index is -1.13. The number of carbonyl (C=O) groups is 2. The van der Waals surface area contributed by atoms with Gasteiger partial charge in [0.05, 0.1) is 10.4 Å². The predicted octanol–water partition coefficient (Wildman–Crippen LogP) is 1.92. The van der Waals surface area contributed by atoms with E-state index in [-0.39, 0.29) is 21.8 Å². The standard InChI is InChI=1S/C12H9NO4S/c13-11(15)10-7(3-4-18-10)9-5-6(14)1-2-8(9)12(16)17/h1-5,14H,(H2,13,15)(H,16,17). The fourth-order valence-electron chi connectivity index (χ4n) is 1.65. The van der Waals surface area contributed by atoms with Crippen LogP contribution in [0.1, 0.15) is 20.0 Å². The second-order valence-corrected chi connectivity index (χ2v) is 4.48. The first kappa shape index (κ1) is 12.1. The molecule has 6 heteroatoms. The molecule has 0 aliphatic heterocycles. The maximum atomic E-state index is 11.2. The average molecular weight is 263 g/mol. The van der Waals surface area contributed by atoms with E-state index in [0.29, 0.717) is 5.56 Å². The first-order chi connectivity index (χ1) is 8.50. The normalized spacial score (nSPS) is 10.2. The summed E-state index contributed by atoms with van der Waals surface area (Å²) in [6.45, 7) is 0. The van der Waals surface area contributed by atoms with Gasteiger partial charge >= 0.3 is 5.97 Å². The number of aromatic hydroxyl groups is 1. The van der Waals surface area contributed by atoms with Crippen molar-refractivity contribution < 1.29 is 19.8 Å². The molecule has 0 radical (unpaired) electrons. The van der Waals surface area contributed by atoms with Gasteiger partial charge in [0.25, 0.3) is 5.91 Å². The molecule has 0 saturated heterocycles. The molecule has 1 aromatic carbocycles. The van der Waals surface area contributed by atoms with Gasteiger partial charge in [-0.3, -0.25) is 4.79 Å². The second-order valence-electron chi connectivity index (χ2n) is 3.56. The number of phenolic OH excluding ortho intramolecular Hbond substituents is 1. The lowest BCUT2D eigenvalue weighted by Crippen LogP contribution is -2.10. The highest BCUT2D eigenvalue weighted by molar-refractivity contribution is 7.12. The van der Waals surface area contributed by atoms with E-state index in [1.807, 2.05) is 0 Å². The van der Waals surface area contributed by atoms with Crippen molar-refractivity contribution in [1.29, 1.82) is 0 Å². The summed E-state index contributed by atoms with van der Waals surface area (Å²) >= 11 is 1.13. The highest BCUT2D eigenvalue weighted by Crippen LogP contribution is 2.33. The van der Waals surface area contributed by atoms with Crippen LogP contribution >= 0.6 is 11.3 Å². The highest BCUT2D eigenvalue weighted by Gasteiger charge is 2.18. The monoisotopic (exact) mass is 263 g/mol. The topological polar surface area (TPSA) is 101 Å². The van der Waals surface area contributed by atoms with Gasteiger partial charge in [0.15, 0.2) is 0 Å². The smallest absolute Gasteiger partial charge is 0.336 e. The first-order valence-electron chi connectivity index (χ1n) is 4.94. The van der Waals surface area contributed by atoms with Gasteiger partial charge in [0.2, 0.25) is 0 Å². The number of thiophene rings is 1. The number of hydrogen-bond donors (Lipinski definition) is 3. The van der Waals surface area contributed by atoms with Crippen LogP contribution < -0.4 is 5.73 Å². The molecule has 1 aromatic heterocycles. The van der Waals surface area contributed by atoms with Gasteiger partial charge in [0.1, 0.15) is 5.75 Å². The lowest BCUT2D eigenvalue weighted by molar-refractivity contribution is 0.0697. The lowest BCUT2D eigenvalue weighted by atomic mass is 9.99. The van der Waals surface area contributed by atoms with Gasteiger partial charge in [-0.2, -0.15) is 0 Å². The molecule has 0 aliphatic rings. The van der Waals surface area contributed by atoms with Gasteiger partial charge in [-0.05, 0) is 29.6 Å². The summed E-state index contributed by atoms with van der Waals surface area (Å²) in [5, 5.41) is 20.2. The molecular weight excluding hydrogens is 254 g/mol. The largest absolute Gasteiger partial charge is 0.508 e.